The first kappa shape index (κ1) is 30.2. The monoisotopic (exact) mass is 530 g/mol. The summed E-state index contributed by atoms with van der Waals surface area (Å²) in [4.78, 5) is 18.3. The number of nitrogens with zero attached hydrogens (tertiary/aromatic N) is 2. The van der Waals surface area contributed by atoms with Crippen LogP contribution in [0.25, 0.3) is 0 Å². The van der Waals surface area contributed by atoms with Gasteiger partial charge in [0.05, 0.1) is 6.61 Å². The van der Waals surface area contributed by atoms with Crippen LogP contribution in [0.4, 0.5) is 0 Å². The van der Waals surface area contributed by atoms with Gasteiger partial charge in [-0.25, -0.2) is 0 Å². The first-order valence-electron chi connectivity index (χ1n) is 14.7. The molecule has 210 valence electrons. The van der Waals surface area contributed by atoms with Crippen molar-refractivity contribution in [2.45, 2.75) is 65.8 Å². The van der Waals surface area contributed by atoms with E-state index in [4.69, 9.17) is 9.47 Å². The molecular weight excluding hydrogens is 484 g/mol. The number of amides is 1. The summed E-state index contributed by atoms with van der Waals surface area (Å²) in [5.74, 6) is 2.41. The Kier molecular flexibility index (Phi) is 13.4. The molecule has 0 aromatic heterocycles. The lowest BCUT2D eigenvalue weighted by Gasteiger charge is -2.28. The molecule has 5 nitrogen and oxygen atoms in total. The molecule has 0 fully saturated rings. The Morgan fingerprint density at radius 3 is 2.00 bits per heavy atom. The molecule has 0 atom stereocenters. The zero-order chi connectivity index (χ0) is 27.7. The van der Waals surface area contributed by atoms with Gasteiger partial charge in [-0.05, 0) is 86.4 Å². The average molecular weight is 531 g/mol. The molecule has 0 aliphatic rings. The Labute approximate surface area is 235 Å². The van der Waals surface area contributed by atoms with Gasteiger partial charge in [0.25, 0.3) is 5.91 Å². The molecule has 0 aliphatic carbocycles. The van der Waals surface area contributed by atoms with Crippen LogP contribution in [0.1, 0.15) is 75.2 Å². The highest BCUT2D eigenvalue weighted by Crippen LogP contribution is 2.23. The molecule has 0 heterocycles. The van der Waals surface area contributed by atoms with Gasteiger partial charge in [-0.3, -0.25) is 4.79 Å². The number of hydrogen-bond donors (Lipinski definition) is 0. The smallest absolute Gasteiger partial charge is 0.254 e. The van der Waals surface area contributed by atoms with Crippen molar-refractivity contribution in [1.82, 2.24) is 9.80 Å². The summed E-state index contributed by atoms with van der Waals surface area (Å²) in [5, 5.41) is 0. The summed E-state index contributed by atoms with van der Waals surface area (Å²) in [6.45, 7) is 11.5. The fraction of sp³-hybridized carbons (Fsp3) is 0.441. The second-order valence-electron chi connectivity index (χ2n) is 10.1. The molecule has 0 aliphatic heterocycles. The van der Waals surface area contributed by atoms with Crippen molar-refractivity contribution < 1.29 is 14.3 Å². The second kappa shape index (κ2) is 17.3. The third kappa shape index (κ3) is 10.8. The summed E-state index contributed by atoms with van der Waals surface area (Å²) in [7, 11) is 0. The van der Waals surface area contributed by atoms with E-state index < -0.39 is 0 Å². The highest BCUT2D eigenvalue weighted by Gasteiger charge is 2.18. The van der Waals surface area contributed by atoms with Crippen LogP contribution < -0.4 is 9.47 Å². The van der Waals surface area contributed by atoms with E-state index in [0.717, 1.165) is 55.3 Å². The van der Waals surface area contributed by atoms with Crippen molar-refractivity contribution in [2.24, 2.45) is 0 Å². The number of rotatable bonds is 18. The molecule has 5 heteroatoms. The van der Waals surface area contributed by atoms with E-state index in [0.29, 0.717) is 25.3 Å². The van der Waals surface area contributed by atoms with Crippen LogP contribution in [-0.2, 0) is 6.54 Å². The molecule has 0 radical (unpaired) electrons. The molecule has 1 amide bonds. The van der Waals surface area contributed by atoms with E-state index in [1.165, 1.54) is 25.7 Å². The van der Waals surface area contributed by atoms with E-state index >= 15 is 0 Å². The van der Waals surface area contributed by atoms with Gasteiger partial charge in [-0.15, -0.1) is 0 Å². The summed E-state index contributed by atoms with van der Waals surface area (Å²) in [5.41, 5.74) is 1.73. The maximum absolute atomic E-state index is 13.8. The predicted molar refractivity (Wildman–Crippen MR) is 161 cm³/mol. The predicted octanol–water partition coefficient (Wildman–Crippen LogP) is 8.20. The van der Waals surface area contributed by atoms with E-state index in [2.05, 4.69) is 31.7 Å². The minimum Gasteiger partial charge on any atom is -0.494 e. The first-order chi connectivity index (χ1) is 19.1. The maximum Gasteiger partial charge on any atom is 0.254 e. The molecule has 0 N–H and O–H groups in total. The molecule has 0 spiro atoms. The third-order valence-electron chi connectivity index (χ3n) is 6.75. The number of para-hydroxylation sites is 1. The SMILES string of the molecule is CCCCOc1ccc(C(=O)N(CCN(CCCC)CCCC)Cc2cccc(Oc3ccccc3)c2)cc1. The van der Waals surface area contributed by atoms with Crippen LogP contribution in [0.2, 0.25) is 0 Å². The number of hydrogen-bond acceptors (Lipinski definition) is 4. The average Bonchev–Trinajstić information content (AvgIpc) is 2.97. The van der Waals surface area contributed by atoms with Gasteiger partial charge in [0.15, 0.2) is 0 Å². The summed E-state index contributed by atoms with van der Waals surface area (Å²) in [6.07, 6.45) is 6.81. The Bertz CT molecular complexity index is 1080. The Balaban J connectivity index is 1.75. The fourth-order valence-corrected chi connectivity index (χ4v) is 4.38. The van der Waals surface area contributed by atoms with Crippen molar-refractivity contribution in [2.75, 3.05) is 32.8 Å². The minimum atomic E-state index is 0.0374. The molecule has 0 saturated carbocycles. The van der Waals surface area contributed by atoms with Crippen LogP contribution in [0.3, 0.4) is 0 Å². The summed E-state index contributed by atoms with van der Waals surface area (Å²) in [6, 6.07) is 25.4. The molecule has 3 aromatic carbocycles. The second-order valence-corrected chi connectivity index (χ2v) is 10.1. The first-order valence-corrected chi connectivity index (χ1v) is 14.7. The number of benzene rings is 3. The highest BCUT2D eigenvalue weighted by atomic mass is 16.5. The van der Waals surface area contributed by atoms with Crippen LogP contribution >= 0.6 is 0 Å². The van der Waals surface area contributed by atoms with Gasteiger partial charge in [0.2, 0.25) is 0 Å². The molecular formula is C34H46N2O3. The molecule has 0 saturated heterocycles. The number of carbonyl (C=O) groups excluding carboxylic acids is 1. The quantitative estimate of drug-likeness (QED) is 0.155. The maximum atomic E-state index is 13.8. The Morgan fingerprint density at radius 1 is 0.667 bits per heavy atom. The molecule has 3 aromatic rings. The van der Waals surface area contributed by atoms with Crippen molar-refractivity contribution in [3.05, 3.63) is 90.0 Å². The Morgan fingerprint density at radius 2 is 1.33 bits per heavy atom. The largest absolute Gasteiger partial charge is 0.494 e. The standard InChI is InChI=1S/C34H46N2O3/c1-4-7-22-35(23-8-5-2)24-25-36(34(37)30-18-20-31(21-19-30)38-26-9-6-3)28-29-14-13-17-33(27-29)39-32-15-11-10-12-16-32/h10-21,27H,4-9,22-26,28H2,1-3H3. The van der Waals surface area contributed by atoms with Gasteiger partial charge in [-0.1, -0.05) is 70.4 Å². The van der Waals surface area contributed by atoms with Crippen LogP contribution in [-0.4, -0.2) is 48.5 Å². The number of ether oxygens (including phenoxy) is 2. The molecule has 3 rings (SSSR count). The van der Waals surface area contributed by atoms with Gasteiger partial charge >= 0.3 is 0 Å². The Hall–Kier alpha value is -3.31. The van der Waals surface area contributed by atoms with E-state index in [9.17, 15) is 4.79 Å². The van der Waals surface area contributed by atoms with Gasteiger partial charge in [0, 0.05) is 25.2 Å². The summed E-state index contributed by atoms with van der Waals surface area (Å²) < 4.78 is 11.9. The fourth-order valence-electron chi connectivity index (χ4n) is 4.38. The summed E-state index contributed by atoms with van der Waals surface area (Å²) >= 11 is 0. The van der Waals surface area contributed by atoms with Crippen molar-refractivity contribution >= 4 is 5.91 Å². The molecule has 0 unspecified atom stereocenters. The van der Waals surface area contributed by atoms with E-state index in [-0.39, 0.29) is 5.91 Å². The van der Waals surface area contributed by atoms with E-state index in [1.54, 1.807) is 0 Å². The zero-order valence-electron chi connectivity index (χ0n) is 24.1. The molecule has 39 heavy (non-hydrogen) atoms. The lowest BCUT2D eigenvalue weighted by molar-refractivity contribution is 0.0720. The van der Waals surface area contributed by atoms with Crippen LogP contribution in [0.15, 0.2) is 78.9 Å². The number of unbranched alkanes of at least 4 members (excludes halogenated alkanes) is 3. The van der Waals surface area contributed by atoms with E-state index in [1.807, 2.05) is 77.7 Å². The van der Waals surface area contributed by atoms with Crippen LogP contribution in [0.5, 0.6) is 17.2 Å². The normalized spacial score (nSPS) is 11.0. The number of carbonyl (C=O) groups is 1. The van der Waals surface area contributed by atoms with Gasteiger partial charge in [-0.2, -0.15) is 0 Å². The van der Waals surface area contributed by atoms with Crippen molar-refractivity contribution in [1.29, 1.82) is 0 Å². The highest BCUT2D eigenvalue weighted by molar-refractivity contribution is 5.94. The van der Waals surface area contributed by atoms with Crippen molar-refractivity contribution in [3.63, 3.8) is 0 Å². The lowest BCUT2D eigenvalue weighted by Crippen LogP contribution is -2.39. The van der Waals surface area contributed by atoms with Gasteiger partial charge < -0.3 is 19.3 Å². The minimum absolute atomic E-state index is 0.0374. The van der Waals surface area contributed by atoms with Crippen LogP contribution in [0, 0.1) is 0 Å². The molecule has 0 bridgehead atoms. The zero-order valence-corrected chi connectivity index (χ0v) is 24.1. The topological polar surface area (TPSA) is 42.0 Å². The van der Waals surface area contributed by atoms with Crippen molar-refractivity contribution in [3.8, 4) is 17.2 Å². The lowest BCUT2D eigenvalue weighted by atomic mass is 10.1. The third-order valence-corrected chi connectivity index (χ3v) is 6.75. The van der Waals surface area contributed by atoms with Gasteiger partial charge in [0.1, 0.15) is 17.2 Å².